The molecule has 4 nitrogen and oxygen atoms in total. The van der Waals surface area contributed by atoms with Gasteiger partial charge in [0.25, 0.3) is 0 Å². The third-order valence-electron chi connectivity index (χ3n) is 4.70. The van der Waals surface area contributed by atoms with Gasteiger partial charge in [-0.2, -0.15) is 0 Å². The minimum atomic E-state index is -0.229. The molecule has 0 aliphatic carbocycles. The quantitative estimate of drug-likeness (QED) is 0.828. The number of nitrogens with zero attached hydrogens (tertiary/aromatic N) is 2. The molecule has 1 aliphatic rings. The third kappa shape index (κ3) is 3.97. The zero-order valence-corrected chi connectivity index (χ0v) is 15.6. The van der Waals surface area contributed by atoms with E-state index in [9.17, 15) is 9.59 Å². The van der Waals surface area contributed by atoms with E-state index < -0.39 is 0 Å². The number of amides is 2. The van der Waals surface area contributed by atoms with E-state index in [2.05, 4.69) is 33.8 Å². The molecule has 1 fully saturated rings. The molecule has 1 atom stereocenters. The van der Waals surface area contributed by atoms with Gasteiger partial charge in [-0.1, -0.05) is 52.3 Å². The monoisotopic (exact) mass is 330 g/mol. The van der Waals surface area contributed by atoms with Gasteiger partial charge in [-0.25, -0.2) is 0 Å². The van der Waals surface area contributed by atoms with Crippen LogP contribution >= 0.6 is 0 Å². The number of hydrogen-bond donors (Lipinski definition) is 0. The van der Waals surface area contributed by atoms with E-state index in [0.717, 1.165) is 30.6 Å². The highest BCUT2D eigenvalue weighted by Gasteiger charge is 2.37. The van der Waals surface area contributed by atoms with Gasteiger partial charge in [0.15, 0.2) is 0 Å². The van der Waals surface area contributed by atoms with Crippen LogP contribution in [0.4, 0.5) is 5.69 Å². The molecule has 1 aromatic carbocycles. The van der Waals surface area contributed by atoms with Gasteiger partial charge in [0.05, 0.1) is 5.92 Å². The Bertz CT molecular complexity index is 604. The summed E-state index contributed by atoms with van der Waals surface area (Å²) in [7, 11) is 1.84. The number of benzene rings is 1. The average molecular weight is 330 g/mol. The summed E-state index contributed by atoms with van der Waals surface area (Å²) in [6, 6.07) is 8.03. The summed E-state index contributed by atoms with van der Waals surface area (Å²) in [5, 5.41) is 0. The van der Waals surface area contributed by atoms with E-state index in [1.807, 2.05) is 25.2 Å². The van der Waals surface area contributed by atoms with Crippen LogP contribution in [0.25, 0.3) is 0 Å². The first-order valence-electron chi connectivity index (χ1n) is 8.90. The van der Waals surface area contributed by atoms with Crippen molar-refractivity contribution in [3.8, 4) is 0 Å². The first-order valence-corrected chi connectivity index (χ1v) is 8.90. The molecule has 1 saturated heterocycles. The molecule has 1 heterocycles. The van der Waals surface area contributed by atoms with E-state index in [-0.39, 0.29) is 23.1 Å². The van der Waals surface area contributed by atoms with Crippen LogP contribution in [0, 0.1) is 5.92 Å². The van der Waals surface area contributed by atoms with Crippen molar-refractivity contribution in [3.05, 3.63) is 29.8 Å². The van der Waals surface area contributed by atoms with Gasteiger partial charge >= 0.3 is 0 Å². The van der Waals surface area contributed by atoms with Gasteiger partial charge in [-0.05, 0) is 23.5 Å². The molecule has 0 saturated carbocycles. The largest absolute Gasteiger partial charge is 0.345 e. The molecule has 24 heavy (non-hydrogen) atoms. The Morgan fingerprint density at radius 2 is 1.96 bits per heavy atom. The minimum absolute atomic E-state index is 0.0448. The molecule has 0 spiro atoms. The summed E-state index contributed by atoms with van der Waals surface area (Å²) in [6.45, 7) is 9.80. The number of carbonyl (C=O) groups excluding carboxylic acids is 2. The summed E-state index contributed by atoms with van der Waals surface area (Å²) in [5.74, 6) is -0.0890. The van der Waals surface area contributed by atoms with Gasteiger partial charge in [-0.15, -0.1) is 0 Å². The second-order valence-electron chi connectivity index (χ2n) is 7.79. The number of unbranched alkanes of at least 4 members (excludes halogenated alkanes) is 1. The second-order valence-corrected chi connectivity index (χ2v) is 7.79. The molecule has 2 rings (SSSR count). The highest BCUT2D eigenvalue weighted by Crippen LogP contribution is 2.35. The van der Waals surface area contributed by atoms with Crippen LogP contribution in [-0.4, -0.2) is 36.9 Å². The smallest absolute Gasteiger partial charge is 0.227 e. The molecular formula is C20H30N2O2. The first-order chi connectivity index (χ1) is 11.3. The number of carbonyl (C=O) groups is 2. The molecule has 0 N–H and O–H groups in total. The van der Waals surface area contributed by atoms with Gasteiger partial charge in [-0.3, -0.25) is 9.59 Å². The van der Waals surface area contributed by atoms with Crippen LogP contribution in [0.5, 0.6) is 0 Å². The maximum Gasteiger partial charge on any atom is 0.227 e. The average Bonchev–Trinajstić information content (AvgIpc) is 2.92. The fraction of sp³-hybridized carbons (Fsp3) is 0.600. The maximum atomic E-state index is 12.6. The number of anilines is 1. The zero-order valence-electron chi connectivity index (χ0n) is 15.6. The standard InChI is InChI=1S/C20H30N2O2/c1-6-7-12-21(5)19(24)15-13-18(23)22(14-15)17-11-9-8-10-16(17)20(2,3)4/h8-11,15H,6-7,12-14H2,1-5H3. The van der Waals surface area contributed by atoms with Crippen LogP contribution in [0.2, 0.25) is 0 Å². The lowest BCUT2D eigenvalue weighted by molar-refractivity contribution is -0.134. The van der Waals surface area contributed by atoms with Crippen molar-refractivity contribution in [1.29, 1.82) is 0 Å². The van der Waals surface area contributed by atoms with Crippen LogP contribution < -0.4 is 4.90 Å². The molecule has 0 aromatic heterocycles. The molecule has 132 valence electrons. The number of rotatable bonds is 5. The van der Waals surface area contributed by atoms with Gasteiger partial charge in [0, 0.05) is 32.2 Å². The van der Waals surface area contributed by atoms with Crippen LogP contribution in [0.1, 0.15) is 52.5 Å². The molecule has 4 heteroatoms. The fourth-order valence-electron chi connectivity index (χ4n) is 3.27. The molecular weight excluding hydrogens is 300 g/mol. The topological polar surface area (TPSA) is 40.6 Å². The Hall–Kier alpha value is -1.84. The zero-order chi connectivity index (χ0) is 17.9. The molecule has 0 bridgehead atoms. The van der Waals surface area contributed by atoms with E-state index in [1.54, 1.807) is 9.80 Å². The Balaban J connectivity index is 2.18. The van der Waals surface area contributed by atoms with Crippen molar-refractivity contribution in [2.75, 3.05) is 25.0 Å². The van der Waals surface area contributed by atoms with Crippen molar-refractivity contribution in [1.82, 2.24) is 4.90 Å². The van der Waals surface area contributed by atoms with Crippen LogP contribution in [-0.2, 0) is 15.0 Å². The number of para-hydroxylation sites is 1. The molecule has 1 unspecified atom stereocenters. The van der Waals surface area contributed by atoms with Crippen LogP contribution in [0.3, 0.4) is 0 Å². The second kappa shape index (κ2) is 7.37. The highest BCUT2D eigenvalue weighted by molar-refractivity contribution is 6.00. The van der Waals surface area contributed by atoms with Crippen molar-refractivity contribution in [2.45, 2.75) is 52.4 Å². The molecule has 2 amide bonds. The highest BCUT2D eigenvalue weighted by atomic mass is 16.2. The summed E-state index contributed by atoms with van der Waals surface area (Å²) < 4.78 is 0. The lowest BCUT2D eigenvalue weighted by atomic mass is 9.85. The van der Waals surface area contributed by atoms with Crippen molar-refractivity contribution in [3.63, 3.8) is 0 Å². The molecule has 1 aromatic rings. The predicted octanol–water partition coefficient (Wildman–Crippen LogP) is 3.60. The summed E-state index contributed by atoms with van der Waals surface area (Å²) in [4.78, 5) is 28.7. The van der Waals surface area contributed by atoms with E-state index in [0.29, 0.717) is 13.0 Å². The number of hydrogen-bond acceptors (Lipinski definition) is 2. The summed E-state index contributed by atoms with van der Waals surface area (Å²) >= 11 is 0. The fourth-order valence-corrected chi connectivity index (χ4v) is 3.27. The maximum absolute atomic E-state index is 12.6. The Kier molecular flexibility index (Phi) is 5.68. The normalized spacial score (nSPS) is 18.1. The Morgan fingerprint density at radius 1 is 1.29 bits per heavy atom. The van der Waals surface area contributed by atoms with E-state index >= 15 is 0 Å². The van der Waals surface area contributed by atoms with Gasteiger partial charge in [0.1, 0.15) is 0 Å². The molecule has 1 aliphatic heterocycles. The Labute approximate surface area is 145 Å². The third-order valence-corrected chi connectivity index (χ3v) is 4.70. The minimum Gasteiger partial charge on any atom is -0.345 e. The van der Waals surface area contributed by atoms with E-state index in [1.165, 1.54) is 0 Å². The predicted molar refractivity (Wildman–Crippen MR) is 98.1 cm³/mol. The van der Waals surface area contributed by atoms with E-state index in [4.69, 9.17) is 0 Å². The van der Waals surface area contributed by atoms with Gasteiger partial charge < -0.3 is 9.80 Å². The van der Waals surface area contributed by atoms with Gasteiger partial charge in [0.2, 0.25) is 11.8 Å². The van der Waals surface area contributed by atoms with Crippen molar-refractivity contribution in [2.24, 2.45) is 5.92 Å². The molecule has 0 radical (unpaired) electrons. The lowest BCUT2D eigenvalue weighted by Gasteiger charge is -2.28. The first kappa shape index (κ1) is 18.5. The van der Waals surface area contributed by atoms with Crippen molar-refractivity contribution < 1.29 is 9.59 Å². The van der Waals surface area contributed by atoms with Crippen LogP contribution in [0.15, 0.2) is 24.3 Å². The van der Waals surface area contributed by atoms with Crippen molar-refractivity contribution >= 4 is 17.5 Å². The summed E-state index contributed by atoms with van der Waals surface area (Å²) in [5.41, 5.74) is 2.05. The SMILES string of the molecule is CCCCN(C)C(=O)C1CC(=O)N(c2ccccc2C(C)(C)C)C1. The summed E-state index contributed by atoms with van der Waals surface area (Å²) in [6.07, 6.45) is 2.37. The Morgan fingerprint density at radius 3 is 2.58 bits per heavy atom. The lowest BCUT2D eigenvalue weighted by Crippen LogP contribution is -2.35.